The number of hydrogen-bond donors (Lipinski definition) is 2. The zero-order chi connectivity index (χ0) is 14.9. The van der Waals surface area contributed by atoms with Crippen LogP contribution in [-0.2, 0) is 0 Å². The van der Waals surface area contributed by atoms with Crippen molar-refractivity contribution in [2.24, 2.45) is 0 Å². The summed E-state index contributed by atoms with van der Waals surface area (Å²) < 4.78 is 1.03. The summed E-state index contributed by atoms with van der Waals surface area (Å²) >= 11 is 3.64. The average molecular weight is 401 g/mol. The molecular weight excluding hydrogens is 389 g/mol. The van der Waals surface area contributed by atoms with Crippen molar-refractivity contribution in [1.82, 2.24) is 0 Å². The average Bonchev–Trinajstić information content (AvgIpc) is 2.80. The minimum absolute atomic E-state index is 0.209. The Balaban J connectivity index is 2.30. The number of halogens is 1. The first-order valence-corrected chi connectivity index (χ1v) is 7.74. The zero-order valence-corrected chi connectivity index (χ0v) is 13.8. The van der Waals surface area contributed by atoms with Gasteiger partial charge in [0, 0.05) is 11.1 Å². The number of carboxylic acids is 1. The largest absolute Gasteiger partial charge is 0.478 e. The zero-order valence-electron chi connectivity index (χ0n) is 10.9. The number of aromatic carboxylic acids is 1. The number of benzene rings is 1. The van der Waals surface area contributed by atoms with Gasteiger partial charge >= 0.3 is 5.97 Å². The molecule has 20 heavy (non-hydrogen) atoms. The van der Waals surface area contributed by atoms with E-state index in [4.69, 9.17) is 5.11 Å². The predicted octanol–water partition coefficient (Wildman–Crippen LogP) is 3.92. The van der Waals surface area contributed by atoms with Crippen LogP contribution in [0.2, 0.25) is 0 Å². The Kier molecular flexibility index (Phi) is 4.44. The Labute approximate surface area is 134 Å². The van der Waals surface area contributed by atoms with Crippen molar-refractivity contribution in [2.75, 3.05) is 5.32 Å². The van der Waals surface area contributed by atoms with Gasteiger partial charge in [-0.15, -0.1) is 11.3 Å². The Morgan fingerprint density at radius 1 is 1.25 bits per heavy atom. The smallest absolute Gasteiger partial charge is 0.336 e. The standard InChI is InChI=1S/C14H12INO3S/c1-7-3-10(5-11(8(7)2)14(18)19)16-13(17)9-4-12(15)20-6-9/h3-6H,1-2H3,(H,16,17)(H,18,19). The molecule has 1 amide bonds. The summed E-state index contributed by atoms with van der Waals surface area (Å²) in [6.07, 6.45) is 0. The Morgan fingerprint density at radius 3 is 2.50 bits per heavy atom. The second-order valence-corrected chi connectivity index (χ2v) is 7.17. The monoisotopic (exact) mass is 401 g/mol. The maximum absolute atomic E-state index is 12.0. The first-order chi connectivity index (χ1) is 9.38. The van der Waals surface area contributed by atoms with E-state index in [1.807, 2.05) is 6.92 Å². The van der Waals surface area contributed by atoms with Crippen LogP contribution >= 0.6 is 33.9 Å². The van der Waals surface area contributed by atoms with Crippen molar-refractivity contribution in [2.45, 2.75) is 13.8 Å². The molecule has 4 nitrogen and oxygen atoms in total. The fourth-order valence-electron chi connectivity index (χ4n) is 1.79. The van der Waals surface area contributed by atoms with Gasteiger partial charge in [0.15, 0.2) is 0 Å². The maximum Gasteiger partial charge on any atom is 0.336 e. The molecule has 0 saturated heterocycles. The van der Waals surface area contributed by atoms with Gasteiger partial charge in [0.2, 0.25) is 0 Å². The van der Waals surface area contributed by atoms with Crippen molar-refractivity contribution >= 4 is 51.5 Å². The Bertz CT molecular complexity index is 694. The predicted molar refractivity (Wildman–Crippen MR) is 87.9 cm³/mol. The number of nitrogens with one attached hydrogen (secondary N) is 1. The van der Waals surface area contributed by atoms with E-state index in [0.29, 0.717) is 16.8 Å². The summed E-state index contributed by atoms with van der Waals surface area (Å²) in [5.74, 6) is -1.23. The molecular formula is C14H12INO3S. The normalized spacial score (nSPS) is 10.3. The van der Waals surface area contributed by atoms with Gasteiger partial charge in [-0.2, -0.15) is 0 Å². The quantitative estimate of drug-likeness (QED) is 0.767. The second kappa shape index (κ2) is 5.92. The lowest BCUT2D eigenvalue weighted by Crippen LogP contribution is -2.12. The minimum Gasteiger partial charge on any atom is -0.478 e. The third-order valence-electron chi connectivity index (χ3n) is 2.99. The lowest BCUT2D eigenvalue weighted by molar-refractivity contribution is 0.0695. The van der Waals surface area contributed by atoms with Crippen molar-refractivity contribution in [3.05, 3.63) is 48.7 Å². The van der Waals surface area contributed by atoms with Gasteiger partial charge in [0.1, 0.15) is 0 Å². The van der Waals surface area contributed by atoms with Crippen LogP contribution in [-0.4, -0.2) is 17.0 Å². The summed E-state index contributed by atoms with van der Waals surface area (Å²) in [6, 6.07) is 5.05. The lowest BCUT2D eigenvalue weighted by Gasteiger charge is -2.10. The number of aryl methyl sites for hydroxylation is 1. The van der Waals surface area contributed by atoms with Gasteiger partial charge < -0.3 is 10.4 Å². The molecule has 0 aliphatic heterocycles. The Hall–Kier alpha value is -1.41. The maximum atomic E-state index is 12.0. The van der Waals surface area contributed by atoms with Crippen molar-refractivity contribution in [3.8, 4) is 0 Å². The number of amides is 1. The number of carboxylic acid groups (broad SMARTS) is 1. The summed E-state index contributed by atoms with van der Waals surface area (Å²) in [6.45, 7) is 3.58. The van der Waals surface area contributed by atoms with Gasteiger partial charge in [-0.1, -0.05) is 0 Å². The Morgan fingerprint density at radius 2 is 1.95 bits per heavy atom. The molecule has 1 heterocycles. The van der Waals surface area contributed by atoms with E-state index >= 15 is 0 Å². The molecule has 0 aliphatic rings. The minimum atomic E-state index is -0.994. The van der Waals surface area contributed by atoms with Crippen LogP contribution < -0.4 is 5.32 Å². The first kappa shape index (κ1) is 15.0. The number of thiophene rings is 1. The SMILES string of the molecule is Cc1cc(NC(=O)c2csc(I)c2)cc(C(=O)O)c1C. The molecule has 0 fully saturated rings. The third-order valence-corrected chi connectivity index (χ3v) is 4.77. The summed E-state index contributed by atoms with van der Waals surface area (Å²) in [4.78, 5) is 23.2. The molecule has 2 rings (SSSR count). The van der Waals surface area contributed by atoms with Crippen molar-refractivity contribution in [1.29, 1.82) is 0 Å². The van der Waals surface area contributed by atoms with Gasteiger partial charge in [0.05, 0.1) is 14.0 Å². The highest BCUT2D eigenvalue weighted by molar-refractivity contribution is 14.1. The first-order valence-electron chi connectivity index (χ1n) is 5.78. The van der Waals surface area contributed by atoms with Crippen LogP contribution in [0.4, 0.5) is 5.69 Å². The van der Waals surface area contributed by atoms with E-state index in [2.05, 4.69) is 27.9 Å². The molecule has 1 aromatic heterocycles. The summed E-state index contributed by atoms with van der Waals surface area (Å²) in [5, 5.41) is 13.7. The van der Waals surface area contributed by atoms with Gasteiger partial charge in [-0.05, 0) is 65.8 Å². The molecule has 0 spiro atoms. The van der Waals surface area contributed by atoms with E-state index in [1.54, 1.807) is 24.4 Å². The third kappa shape index (κ3) is 3.18. The lowest BCUT2D eigenvalue weighted by atomic mass is 10.0. The number of carbonyl (C=O) groups is 2. The molecule has 2 N–H and O–H groups in total. The van der Waals surface area contributed by atoms with Gasteiger partial charge in [0.25, 0.3) is 5.91 Å². The van der Waals surface area contributed by atoms with E-state index in [9.17, 15) is 9.59 Å². The van der Waals surface area contributed by atoms with Crippen molar-refractivity contribution < 1.29 is 14.7 Å². The summed E-state index contributed by atoms with van der Waals surface area (Å²) in [7, 11) is 0. The van der Waals surface area contributed by atoms with Crippen LogP contribution in [0.3, 0.4) is 0 Å². The summed E-state index contributed by atoms with van der Waals surface area (Å²) in [5.41, 5.74) is 2.83. The van der Waals surface area contributed by atoms with Gasteiger partial charge in [-0.3, -0.25) is 4.79 Å². The second-order valence-electron chi connectivity index (χ2n) is 4.36. The number of carbonyl (C=O) groups excluding carboxylic acids is 1. The number of hydrogen-bond acceptors (Lipinski definition) is 3. The highest BCUT2D eigenvalue weighted by Gasteiger charge is 2.13. The molecule has 0 saturated carbocycles. The molecule has 0 unspecified atom stereocenters. The number of anilines is 1. The molecule has 1 aromatic carbocycles. The molecule has 0 radical (unpaired) electrons. The highest BCUT2D eigenvalue weighted by atomic mass is 127. The fourth-order valence-corrected chi connectivity index (χ4v) is 3.11. The van der Waals surface area contributed by atoms with E-state index < -0.39 is 5.97 Å². The molecule has 6 heteroatoms. The van der Waals surface area contributed by atoms with Gasteiger partial charge in [-0.25, -0.2) is 4.79 Å². The van der Waals surface area contributed by atoms with E-state index in [-0.39, 0.29) is 11.5 Å². The molecule has 0 atom stereocenters. The molecule has 104 valence electrons. The van der Waals surface area contributed by atoms with Crippen LogP contribution in [0, 0.1) is 16.7 Å². The van der Waals surface area contributed by atoms with Crippen LogP contribution in [0.25, 0.3) is 0 Å². The topological polar surface area (TPSA) is 66.4 Å². The fraction of sp³-hybridized carbons (Fsp3) is 0.143. The molecule has 2 aromatic rings. The van der Waals surface area contributed by atoms with E-state index in [1.165, 1.54) is 17.4 Å². The van der Waals surface area contributed by atoms with E-state index in [0.717, 1.165) is 8.45 Å². The van der Waals surface area contributed by atoms with Crippen LogP contribution in [0.5, 0.6) is 0 Å². The van der Waals surface area contributed by atoms with Crippen LogP contribution in [0.1, 0.15) is 31.8 Å². The van der Waals surface area contributed by atoms with Crippen molar-refractivity contribution in [3.63, 3.8) is 0 Å². The molecule has 0 bridgehead atoms. The molecule has 0 aliphatic carbocycles. The van der Waals surface area contributed by atoms with Crippen LogP contribution in [0.15, 0.2) is 23.6 Å². The highest BCUT2D eigenvalue weighted by Crippen LogP contribution is 2.22. The number of rotatable bonds is 3.